The monoisotopic (exact) mass is 380 g/mol. The first kappa shape index (κ1) is 17.2. The lowest BCUT2D eigenvalue weighted by Crippen LogP contribution is -2.28. The summed E-state index contributed by atoms with van der Waals surface area (Å²) < 4.78 is 4.93. The summed E-state index contributed by atoms with van der Waals surface area (Å²) in [4.78, 5) is 13.4. The Labute approximate surface area is 155 Å². The lowest BCUT2D eigenvalue weighted by molar-refractivity contribution is 0.0601. The number of thiophene rings is 1. The van der Waals surface area contributed by atoms with Gasteiger partial charge in [-0.25, -0.2) is 4.79 Å². The molecule has 0 unspecified atom stereocenters. The highest BCUT2D eigenvalue weighted by molar-refractivity contribution is 7.80. The summed E-state index contributed by atoms with van der Waals surface area (Å²) in [6.07, 6.45) is 3.00. The maximum Gasteiger partial charge on any atom is 0.341 e. The highest BCUT2D eigenvalue weighted by atomic mass is 35.5. The molecule has 1 aliphatic rings. The van der Waals surface area contributed by atoms with Gasteiger partial charge in [0.25, 0.3) is 0 Å². The van der Waals surface area contributed by atoms with Gasteiger partial charge < -0.3 is 15.4 Å². The number of hydrogen-bond donors (Lipinski definition) is 2. The van der Waals surface area contributed by atoms with Crippen LogP contribution in [0.15, 0.2) is 24.3 Å². The van der Waals surface area contributed by atoms with E-state index in [4.69, 9.17) is 28.6 Å². The molecule has 1 aromatic carbocycles. The third kappa shape index (κ3) is 3.55. The Bertz CT molecular complexity index is 789. The van der Waals surface area contributed by atoms with Crippen molar-refractivity contribution in [2.75, 3.05) is 12.4 Å². The fourth-order valence-electron chi connectivity index (χ4n) is 2.77. The number of fused-ring (bicyclic) bond motifs is 1. The van der Waals surface area contributed by atoms with Gasteiger partial charge in [0.2, 0.25) is 0 Å². The molecular weight excluding hydrogens is 364 g/mol. The van der Waals surface area contributed by atoms with E-state index in [9.17, 15) is 4.79 Å². The molecule has 2 N–H and O–H groups in total. The van der Waals surface area contributed by atoms with Crippen molar-refractivity contribution in [1.82, 2.24) is 5.32 Å². The summed E-state index contributed by atoms with van der Waals surface area (Å²) in [6.45, 7) is 0.518. The van der Waals surface area contributed by atoms with Crippen LogP contribution in [0.1, 0.15) is 32.8 Å². The minimum atomic E-state index is -0.314. The van der Waals surface area contributed by atoms with E-state index in [2.05, 4.69) is 10.6 Å². The van der Waals surface area contributed by atoms with Crippen LogP contribution in [-0.2, 0) is 24.1 Å². The molecule has 3 rings (SSSR count). The molecule has 0 radical (unpaired) electrons. The maximum absolute atomic E-state index is 12.1. The summed E-state index contributed by atoms with van der Waals surface area (Å²) in [5.74, 6) is -0.314. The Morgan fingerprint density at radius 2 is 2.17 bits per heavy atom. The van der Waals surface area contributed by atoms with Gasteiger partial charge in [-0.1, -0.05) is 29.8 Å². The molecule has 0 saturated carbocycles. The molecule has 4 nitrogen and oxygen atoms in total. The first-order valence-electron chi connectivity index (χ1n) is 7.61. The number of thiocarbonyl (C=S) groups is 1. The van der Waals surface area contributed by atoms with Crippen molar-refractivity contribution >= 4 is 51.2 Å². The minimum absolute atomic E-state index is 0.314. The van der Waals surface area contributed by atoms with Crippen LogP contribution in [0.2, 0.25) is 5.02 Å². The zero-order chi connectivity index (χ0) is 17.1. The topological polar surface area (TPSA) is 50.4 Å². The van der Waals surface area contributed by atoms with Crippen molar-refractivity contribution in [2.45, 2.75) is 25.8 Å². The Kier molecular flexibility index (Phi) is 5.38. The first-order chi connectivity index (χ1) is 11.6. The smallest absolute Gasteiger partial charge is 0.341 e. The third-order valence-electron chi connectivity index (χ3n) is 3.94. The average molecular weight is 381 g/mol. The predicted octanol–water partition coefficient (Wildman–Crippen LogP) is 4.16. The van der Waals surface area contributed by atoms with Crippen molar-refractivity contribution in [3.8, 4) is 0 Å². The number of carbonyl (C=O) groups excluding carboxylic acids is 1. The fraction of sp³-hybridized carbons (Fsp3) is 0.294. The normalized spacial score (nSPS) is 12.6. The zero-order valence-corrected chi connectivity index (χ0v) is 15.5. The summed E-state index contributed by atoms with van der Waals surface area (Å²) in [5.41, 5.74) is 2.69. The summed E-state index contributed by atoms with van der Waals surface area (Å²) in [6, 6.07) is 7.60. The van der Waals surface area contributed by atoms with E-state index in [1.807, 2.05) is 24.3 Å². The molecule has 7 heteroatoms. The largest absolute Gasteiger partial charge is 0.465 e. The molecule has 0 aliphatic heterocycles. The SMILES string of the molecule is COC(=O)c1c(NC(=S)NCc2ccccc2Cl)sc2c1CCC2. The molecule has 126 valence electrons. The summed E-state index contributed by atoms with van der Waals surface area (Å²) in [7, 11) is 1.40. The molecule has 0 saturated heterocycles. The molecule has 2 aromatic rings. The van der Waals surface area contributed by atoms with Gasteiger partial charge in [-0.2, -0.15) is 0 Å². The van der Waals surface area contributed by atoms with Gasteiger partial charge in [0.05, 0.1) is 12.7 Å². The highest BCUT2D eigenvalue weighted by Crippen LogP contribution is 2.39. The third-order valence-corrected chi connectivity index (χ3v) is 5.76. The molecule has 1 heterocycles. The van der Waals surface area contributed by atoms with Gasteiger partial charge in [-0.3, -0.25) is 0 Å². The number of nitrogens with one attached hydrogen (secondary N) is 2. The molecule has 0 fully saturated rings. The number of benzene rings is 1. The van der Waals surface area contributed by atoms with E-state index in [1.165, 1.54) is 12.0 Å². The second kappa shape index (κ2) is 7.51. The molecule has 0 bridgehead atoms. The number of rotatable bonds is 4. The van der Waals surface area contributed by atoms with E-state index in [-0.39, 0.29) is 5.97 Å². The van der Waals surface area contributed by atoms with Crippen molar-refractivity contribution in [1.29, 1.82) is 0 Å². The van der Waals surface area contributed by atoms with Gasteiger partial charge in [0, 0.05) is 16.4 Å². The standard InChI is InChI=1S/C17H17ClN2O2S2/c1-22-16(21)14-11-6-4-8-13(11)24-15(14)20-17(23)19-9-10-5-2-3-7-12(10)18/h2-3,5,7H,4,6,8-9H2,1H3,(H2,19,20,23). The predicted molar refractivity (Wildman–Crippen MR) is 102 cm³/mol. The van der Waals surface area contributed by atoms with Crippen LogP contribution in [0.25, 0.3) is 0 Å². The van der Waals surface area contributed by atoms with Gasteiger partial charge in [-0.15, -0.1) is 11.3 Å². The fourth-order valence-corrected chi connectivity index (χ4v) is 4.50. The van der Waals surface area contributed by atoms with Crippen LogP contribution in [-0.4, -0.2) is 18.2 Å². The Balaban J connectivity index is 1.71. The van der Waals surface area contributed by atoms with Gasteiger partial charge in [0.15, 0.2) is 5.11 Å². The molecule has 0 amide bonds. The highest BCUT2D eigenvalue weighted by Gasteiger charge is 2.27. The minimum Gasteiger partial charge on any atom is -0.465 e. The second-order valence-corrected chi connectivity index (χ2v) is 7.37. The number of carbonyl (C=O) groups is 1. The number of methoxy groups -OCH3 is 1. The first-order valence-corrected chi connectivity index (χ1v) is 9.21. The number of esters is 1. The van der Waals surface area contributed by atoms with E-state index in [0.29, 0.717) is 22.2 Å². The molecule has 24 heavy (non-hydrogen) atoms. The van der Waals surface area contributed by atoms with Crippen molar-refractivity contribution < 1.29 is 9.53 Å². The number of hydrogen-bond acceptors (Lipinski definition) is 4. The number of halogens is 1. The van der Waals surface area contributed by atoms with Crippen LogP contribution in [0.5, 0.6) is 0 Å². The Hall–Kier alpha value is -1.63. The number of ether oxygens (including phenoxy) is 1. The maximum atomic E-state index is 12.1. The van der Waals surface area contributed by atoms with Crippen molar-refractivity contribution in [3.05, 3.63) is 50.9 Å². The molecular formula is C17H17ClN2O2S2. The lowest BCUT2D eigenvalue weighted by atomic mass is 10.1. The van der Waals surface area contributed by atoms with Crippen molar-refractivity contribution in [2.24, 2.45) is 0 Å². The number of aryl methyl sites for hydroxylation is 1. The summed E-state index contributed by atoms with van der Waals surface area (Å²) in [5, 5.41) is 8.17. The second-order valence-electron chi connectivity index (χ2n) is 5.45. The molecule has 0 atom stereocenters. The van der Waals surface area contributed by atoms with E-state index in [0.717, 1.165) is 35.4 Å². The quantitative estimate of drug-likeness (QED) is 0.616. The van der Waals surface area contributed by atoms with E-state index >= 15 is 0 Å². The van der Waals surface area contributed by atoms with Crippen molar-refractivity contribution in [3.63, 3.8) is 0 Å². The van der Waals surface area contributed by atoms with Crippen LogP contribution >= 0.6 is 35.2 Å². The van der Waals surface area contributed by atoms with Crippen LogP contribution in [0.4, 0.5) is 5.00 Å². The van der Waals surface area contributed by atoms with Crippen LogP contribution in [0, 0.1) is 0 Å². The molecule has 1 aliphatic carbocycles. The zero-order valence-electron chi connectivity index (χ0n) is 13.1. The van der Waals surface area contributed by atoms with E-state index in [1.54, 1.807) is 11.3 Å². The lowest BCUT2D eigenvalue weighted by Gasteiger charge is -2.12. The Morgan fingerprint density at radius 3 is 2.92 bits per heavy atom. The van der Waals surface area contributed by atoms with Gasteiger partial charge in [-0.05, 0) is 48.7 Å². The van der Waals surface area contributed by atoms with E-state index < -0.39 is 0 Å². The molecule has 0 spiro atoms. The summed E-state index contributed by atoms with van der Waals surface area (Å²) >= 11 is 13.1. The van der Waals surface area contributed by atoms with Gasteiger partial charge >= 0.3 is 5.97 Å². The van der Waals surface area contributed by atoms with Crippen LogP contribution < -0.4 is 10.6 Å². The average Bonchev–Trinajstić information content (AvgIpc) is 3.14. The number of anilines is 1. The van der Waals surface area contributed by atoms with Gasteiger partial charge in [0.1, 0.15) is 5.00 Å². The Morgan fingerprint density at radius 1 is 1.38 bits per heavy atom. The molecule has 1 aromatic heterocycles. The van der Waals surface area contributed by atoms with Crippen LogP contribution in [0.3, 0.4) is 0 Å².